The van der Waals surface area contributed by atoms with Crippen LogP contribution in [0.15, 0.2) is 24.3 Å². The standard InChI is InChI=1S/C15H19F3N2O3.C2H6/c1-3-12(14(19)22)20-13(21)8-9(2)10-4-6-11(7-5-10)23-15(16,17)18;1-2/h4-7,9,12H,3,8H2,1-2H3,(H2,19,22)(H,20,21);1-2H3. The van der Waals surface area contributed by atoms with Crippen LogP contribution in [0.5, 0.6) is 5.75 Å². The first kappa shape index (κ1) is 22.8. The summed E-state index contributed by atoms with van der Waals surface area (Å²) in [4.78, 5) is 22.9. The van der Waals surface area contributed by atoms with Crippen LogP contribution in [0.1, 0.15) is 52.0 Å². The zero-order valence-electron chi connectivity index (χ0n) is 14.8. The minimum Gasteiger partial charge on any atom is -0.406 e. The molecule has 1 aromatic carbocycles. The summed E-state index contributed by atoms with van der Waals surface area (Å²) < 4.78 is 40.0. The average Bonchev–Trinajstić information content (AvgIpc) is 2.53. The normalized spacial score (nSPS) is 13.1. The van der Waals surface area contributed by atoms with E-state index in [-0.39, 0.29) is 24.0 Å². The number of alkyl halides is 3. The Morgan fingerprint density at radius 3 is 2.12 bits per heavy atom. The summed E-state index contributed by atoms with van der Waals surface area (Å²) in [6.07, 6.45) is -4.26. The van der Waals surface area contributed by atoms with Gasteiger partial charge in [-0.15, -0.1) is 13.2 Å². The fourth-order valence-corrected chi connectivity index (χ4v) is 2.02. The monoisotopic (exact) mass is 362 g/mol. The number of hydrogen-bond donors (Lipinski definition) is 2. The van der Waals surface area contributed by atoms with E-state index < -0.39 is 18.3 Å². The number of rotatable bonds is 7. The molecule has 0 aliphatic heterocycles. The van der Waals surface area contributed by atoms with Crippen LogP contribution < -0.4 is 15.8 Å². The number of ether oxygens (including phenoxy) is 1. The molecule has 0 radical (unpaired) electrons. The smallest absolute Gasteiger partial charge is 0.406 e. The molecule has 0 bridgehead atoms. The van der Waals surface area contributed by atoms with Gasteiger partial charge in [-0.1, -0.05) is 39.8 Å². The Morgan fingerprint density at radius 1 is 1.20 bits per heavy atom. The molecule has 3 N–H and O–H groups in total. The van der Waals surface area contributed by atoms with Gasteiger partial charge in [0.05, 0.1) is 0 Å². The van der Waals surface area contributed by atoms with E-state index >= 15 is 0 Å². The van der Waals surface area contributed by atoms with Gasteiger partial charge in [0.2, 0.25) is 11.8 Å². The summed E-state index contributed by atoms with van der Waals surface area (Å²) in [7, 11) is 0. The van der Waals surface area contributed by atoms with Gasteiger partial charge < -0.3 is 15.8 Å². The number of halogens is 3. The molecule has 0 saturated carbocycles. The van der Waals surface area contributed by atoms with Gasteiger partial charge in [0, 0.05) is 6.42 Å². The van der Waals surface area contributed by atoms with E-state index in [1.807, 2.05) is 13.8 Å². The van der Waals surface area contributed by atoms with Crippen molar-refractivity contribution in [1.82, 2.24) is 5.32 Å². The van der Waals surface area contributed by atoms with Crippen molar-refractivity contribution < 1.29 is 27.5 Å². The van der Waals surface area contributed by atoms with Crippen molar-refractivity contribution in [3.8, 4) is 5.75 Å². The van der Waals surface area contributed by atoms with Gasteiger partial charge in [0.15, 0.2) is 0 Å². The van der Waals surface area contributed by atoms with E-state index in [4.69, 9.17) is 5.73 Å². The van der Waals surface area contributed by atoms with E-state index in [1.165, 1.54) is 24.3 Å². The molecule has 25 heavy (non-hydrogen) atoms. The predicted octanol–water partition coefficient (Wildman–Crippen LogP) is 3.49. The number of amides is 2. The van der Waals surface area contributed by atoms with Crippen molar-refractivity contribution >= 4 is 11.8 Å². The molecule has 0 fully saturated rings. The minimum absolute atomic E-state index is 0.0866. The number of benzene rings is 1. The van der Waals surface area contributed by atoms with Gasteiger partial charge in [0.25, 0.3) is 0 Å². The Labute approximate surface area is 145 Å². The Hall–Kier alpha value is -2.25. The lowest BCUT2D eigenvalue weighted by atomic mass is 9.97. The number of carbonyl (C=O) groups excluding carboxylic acids is 2. The van der Waals surface area contributed by atoms with Crippen molar-refractivity contribution in [2.75, 3.05) is 0 Å². The first-order chi connectivity index (χ1) is 11.6. The molecule has 1 rings (SSSR count). The Balaban J connectivity index is 0.00000277. The second kappa shape index (κ2) is 10.6. The third-order valence-electron chi connectivity index (χ3n) is 3.26. The Morgan fingerprint density at radius 2 is 1.72 bits per heavy atom. The number of primary amides is 1. The fraction of sp³-hybridized carbons (Fsp3) is 0.529. The van der Waals surface area contributed by atoms with Crippen molar-refractivity contribution in [2.24, 2.45) is 5.73 Å². The summed E-state index contributed by atoms with van der Waals surface area (Å²) in [5, 5.41) is 2.52. The second-order valence-electron chi connectivity index (χ2n) is 5.15. The van der Waals surface area contributed by atoms with E-state index in [2.05, 4.69) is 10.1 Å². The highest BCUT2D eigenvalue weighted by molar-refractivity contribution is 5.86. The maximum atomic E-state index is 12.1. The molecule has 0 saturated heterocycles. The minimum atomic E-state index is -4.74. The number of hydrogen-bond acceptors (Lipinski definition) is 3. The molecule has 0 spiro atoms. The largest absolute Gasteiger partial charge is 0.573 e. The van der Waals surface area contributed by atoms with Crippen molar-refractivity contribution in [3.63, 3.8) is 0 Å². The summed E-state index contributed by atoms with van der Waals surface area (Å²) in [6, 6.07) is 4.58. The van der Waals surface area contributed by atoms with E-state index in [1.54, 1.807) is 13.8 Å². The average molecular weight is 362 g/mol. The molecular formula is C17H25F3N2O3. The lowest BCUT2D eigenvalue weighted by Crippen LogP contribution is -2.44. The van der Waals surface area contributed by atoms with E-state index in [0.717, 1.165) is 0 Å². The van der Waals surface area contributed by atoms with Crippen LogP contribution in [0.3, 0.4) is 0 Å². The van der Waals surface area contributed by atoms with Gasteiger partial charge in [-0.25, -0.2) is 0 Å². The van der Waals surface area contributed by atoms with E-state index in [0.29, 0.717) is 12.0 Å². The summed E-state index contributed by atoms with van der Waals surface area (Å²) in [5.41, 5.74) is 5.83. The first-order valence-electron chi connectivity index (χ1n) is 8.06. The zero-order chi connectivity index (χ0) is 19.6. The van der Waals surface area contributed by atoms with Crippen LogP contribution in [0.4, 0.5) is 13.2 Å². The molecule has 0 aliphatic carbocycles. The molecule has 2 unspecified atom stereocenters. The van der Waals surface area contributed by atoms with Crippen LogP contribution in [0.2, 0.25) is 0 Å². The van der Waals surface area contributed by atoms with Crippen molar-refractivity contribution in [1.29, 1.82) is 0 Å². The number of carbonyl (C=O) groups is 2. The first-order valence-corrected chi connectivity index (χ1v) is 8.06. The van der Waals surface area contributed by atoms with Crippen LogP contribution in [-0.2, 0) is 9.59 Å². The number of nitrogens with two attached hydrogens (primary N) is 1. The summed E-state index contributed by atoms with van der Waals surface area (Å²) >= 11 is 0. The maximum Gasteiger partial charge on any atom is 0.573 e. The molecule has 0 aliphatic rings. The van der Waals surface area contributed by atoms with E-state index in [9.17, 15) is 22.8 Å². The molecule has 1 aromatic rings. The quantitative estimate of drug-likeness (QED) is 0.779. The third-order valence-corrected chi connectivity index (χ3v) is 3.26. The van der Waals surface area contributed by atoms with Gasteiger partial charge in [0.1, 0.15) is 11.8 Å². The molecular weight excluding hydrogens is 337 g/mol. The molecule has 2 amide bonds. The predicted molar refractivity (Wildman–Crippen MR) is 88.9 cm³/mol. The molecule has 0 aromatic heterocycles. The molecule has 5 nitrogen and oxygen atoms in total. The topological polar surface area (TPSA) is 81.4 Å². The maximum absolute atomic E-state index is 12.1. The highest BCUT2D eigenvalue weighted by Crippen LogP contribution is 2.26. The summed E-state index contributed by atoms with van der Waals surface area (Å²) in [6.45, 7) is 7.48. The van der Waals surface area contributed by atoms with Crippen molar-refractivity contribution in [2.45, 2.75) is 58.9 Å². The van der Waals surface area contributed by atoms with Gasteiger partial charge in [-0.05, 0) is 30.0 Å². The highest BCUT2D eigenvalue weighted by Gasteiger charge is 2.31. The van der Waals surface area contributed by atoms with Crippen LogP contribution in [-0.4, -0.2) is 24.2 Å². The molecule has 2 atom stereocenters. The SMILES string of the molecule is CC.CCC(NC(=O)CC(C)c1ccc(OC(F)(F)F)cc1)C(N)=O. The van der Waals surface area contributed by atoms with Crippen LogP contribution in [0.25, 0.3) is 0 Å². The lowest BCUT2D eigenvalue weighted by Gasteiger charge is -2.16. The third kappa shape index (κ3) is 8.97. The summed E-state index contributed by atoms with van der Waals surface area (Å²) in [5.74, 6) is -1.51. The van der Waals surface area contributed by atoms with Crippen LogP contribution >= 0.6 is 0 Å². The van der Waals surface area contributed by atoms with Crippen molar-refractivity contribution in [3.05, 3.63) is 29.8 Å². The van der Waals surface area contributed by atoms with Crippen LogP contribution in [0, 0.1) is 0 Å². The molecule has 0 heterocycles. The lowest BCUT2D eigenvalue weighted by molar-refractivity contribution is -0.274. The fourth-order valence-electron chi connectivity index (χ4n) is 2.02. The number of nitrogens with one attached hydrogen (secondary N) is 1. The molecule has 142 valence electrons. The second-order valence-corrected chi connectivity index (χ2v) is 5.15. The Bertz CT molecular complexity index is 545. The zero-order valence-corrected chi connectivity index (χ0v) is 14.8. The van der Waals surface area contributed by atoms with Gasteiger partial charge in [-0.2, -0.15) is 0 Å². The van der Waals surface area contributed by atoms with Gasteiger partial charge in [-0.3, -0.25) is 9.59 Å². The Kier molecular flexibility index (Phi) is 9.63. The molecule has 8 heteroatoms. The van der Waals surface area contributed by atoms with Gasteiger partial charge >= 0.3 is 6.36 Å². The highest BCUT2D eigenvalue weighted by atomic mass is 19.4.